The van der Waals surface area contributed by atoms with Crippen molar-refractivity contribution in [3.05, 3.63) is 18.2 Å². The van der Waals surface area contributed by atoms with Gasteiger partial charge in [-0.05, 0) is 6.92 Å². The molecule has 0 saturated carbocycles. The Morgan fingerprint density at radius 1 is 1.00 bits per heavy atom. The number of hydrogen-bond donors (Lipinski definition) is 1. The number of rotatable bonds is 6. The summed E-state index contributed by atoms with van der Waals surface area (Å²) in [5.41, 5.74) is 0. The van der Waals surface area contributed by atoms with Gasteiger partial charge in [-0.2, -0.15) is 0 Å². The van der Waals surface area contributed by atoms with Gasteiger partial charge in [-0.3, -0.25) is 0 Å². The molecular formula is C13H26N2. The summed E-state index contributed by atoms with van der Waals surface area (Å²) in [4.78, 5) is 6.75. The van der Waals surface area contributed by atoms with E-state index < -0.39 is 0 Å². The molecule has 0 spiro atoms. The van der Waals surface area contributed by atoms with Crippen LogP contribution in [0.3, 0.4) is 0 Å². The lowest BCUT2D eigenvalue weighted by Gasteiger charge is -1.96. The number of aromatic nitrogens is 2. The zero-order chi connectivity index (χ0) is 11.4. The molecule has 1 heterocycles. The lowest BCUT2D eigenvalue weighted by atomic mass is 10.1. The SMILES string of the molecule is CCCCCCCCC.Cc1ncc[nH]1. The van der Waals surface area contributed by atoms with Crippen molar-refractivity contribution in [2.45, 2.75) is 65.7 Å². The second kappa shape index (κ2) is 11.3. The van der Waals surface area contributed by atoms with E-state index in [2.05, 4.69) is 23.8 Å². The van der Waals surface area contributed by atoms with Gasteiger partial charge >= 0.3 is 0 Å². The van der Waals surface area contributed by atoms with E-state index in [1.54, 1.807) is 12.4 Å². The summed E-state index contributed by atoms with van der Waals surface area (Å²) >= 11 is 0. The number of unbranched alkanes of at least 4 members (excludes halogenated alkanes) is 6. The van der Waals surface area contributed by atoms with Gasteiger partial charge in [0.25, 0.3) is 0 Å². The van der Waals surface area contributed by atoms with E-state index in [0.29, 0.717) is 0 Å². The minimum absolute atomic E-state index is 0.968. The Balaban J connectivity index is 0.000000280. The van der Waals surface area contributed by atoms with Crippen LogP contribution in [0.15, 0.2) is 12.4 Å². The Bertz CT molecular complexity index is 186. The van der Waals surface area contributed by atoms with Crippen molar-refractivity contribution in [2.75, 3.05) is 0 Å². The summed E-state index contributed by atoms with van der Waals surface area (Å²) in [5.74, 6) is 0.968. The van der Waals surface area contributed by atoms with Crippen LogP contribution >= 0.6 is 0 Å². The highest BCUT2D eigenvalue weighted by molar-refractivity contribution is 4.80. The molecule has 0 amide bonds. The molecule has 88 valence electrons. The Kier molecular flexibility index (Phi) is 10.7. The minimum atomic E-state index is 0.968. The molecule has 0 bridgehead atoms. The van der Waals surface area contributed by atoms with Crippen LogP contribution in [0.5, 0.6) is 0 Å². The van der Waals surface area contributed by atoms with Crippen LogP contribution < -0.4 is 0 Å². The van der Waals surface area contributed by atoms with E-state index >= 15 is 0 Å². The highest BCUT2D eigenvalue weighted by Gasteiger charge is 1.85. The molecule has 0 unspecified atom stereocenters. The van der Waals surface area contributed by atoms with Crippen LogP contribution in [0, 0.1) is 6.92 Å². The Morgan fingerprint density at radius 2 is 1.53 bits per heavy atom. The fourth-order valence-electron chi connectivity index (χ4n) is 1.37. The lowest BCUT2D eigenvalue weighted by molar-refractivity contribution is 0.602. The van der Waals surface area contributed by atoms with E-state index in [4.69, 9.17) is 0 Å². The predicted octanol–water partition coefficient (Wildman–Crippen LogP) is 4.48. The minimum Gasteiger partial charge on any atom is -0.349 e. The topological polar surface area (TPSA) is 28.7 Å². The first-order valence-corrected chi connectivity index (χ1v) is 6.27. The van der Waals surface area contributed by atoms with E-state index in [0.717, 1.165) is 5.82 Å². The van der Waals surface area contributed by atoms with Gasteiger partial charge in [0.1, 0.15) is 5.82 Å². The third-order valence-corrected chi connectivity index (χ3v) is 2.34. The largest absolute Gasteiger partial charge is 0.349 e. The molecule has 1 aromatic rings. The smallest absolute Gasteiger partial charge is 0.102 e. The third kappa shape index (κ3) is 11.1. The second-order valence-electron chi connectivity index (χ2n) is 3.94. The standard InChI is InChI=1S/C9H20.C4H6N2/c1-3-5-7-9-8-6-4-2;1-4-5-2-3-6-4/h3-9H2,1-2H3;2-3H,1H3,(H,5,6). The van der Waals surface area contributed by atoms with Crippen molar-refractivity contribution in [1.29, 1.82) is 0 Å². The normalized spacial score (nSPS) is 9.53. The number of aromatic amines is 1. The number of imidazole rings is 1. The van der Waals surface area contributed by atoms with Gasteiger partial charge in [-0.15, -0.1) is 0 Å². The number of H-pyrrole nitrogens is 1. The molecule has 0 aliphatic carbocycles. The summed E-state index contributed by atoms with van der Waals surface area (Å²) in [6.07, 6.45) is 13.5. The van der Waals surface area contributed by atoms with E-state index in [-0.39, 0.29) is 0 Å². The third-order valence-electron chi connectivity index (χ3n) is 2.34. The van der Waals surface area contributed by atoms with Crippen molar-refractivity contribution >= 4 is 0 Å². The molecule has 0 aromatic carbocycles. The van der Waals surface area contributed by atoms with Crippen molar-refractivity contribution in [2.24, 2.45) is 0 Å². The van der Waals surface area contributed by atoms with E-state index in [1.165, 1.54) is 44.9 Å². The highest BCUT2D eigenvalue weighted by atomic mass is 14.9. The van der Waals surface area contributed by atoms with Gasteiger partial charge in [-0.25, -0.2) is 4.98 Å². The van der Waals surface area contributed by atoms with Crippen LogP contribution in [0.2, 0.25) is 0 Å². The summed E-state index contributed by atoms with van der Waals surface area (Å²) < 4.78 is 0. The first-order valence-electron chi connectivity index (χ1n) is 6.27. The number of nitrogens with one attached hydrogen (secondary N) is 1. The van der Waals surface area contributed by atoms with Gasteiger partial charge in [-0.1, -0.05) is 58.8 Å². The first kappa shape index (κ1) is 14.2. The van der Waals surface area contributed by atoms with Crippen LogP contribution in [-0.2, 0) is 0 Å². The lowest BCUT2D eigenvalue weighted by Crippen LogP contribution is -1.76. The molecule has 1 aromatic heterocycles. The van der Waals surface area contributed by atoms with Crippen LogP contribution in [0.1, 0.15) is 64.6 Å². The summed E-state index contributed by atoms with van der Waals surface area (Å²) in [5, 5.41) is 0. The zero-order valence-electron chi connectivity index (χ0n) is 10.6. The monoisotopic (exact) mass is 210 g/mol. The number of nitrogens with zero attached hydrogens (tertiary/aromatic N) is 1. The molecule has 1 N–H and O–H groups in total. The molecule has 0 atom stereocenters. The second-order valence-corrected chi connectivity index (χ2v) is 3.94. The fraction of sp³-hybridized carbons (Fsp3) is 0.769. The molecular weight excluding hydrogens is 184 g/mol. The van der Waals surface area contributed by atoms with E-state index in [9.17, 15) is 0 Å². The Hall–Kier alpha value is -0.790. The average Bonchev–Trinajstić information content (AvgIpc) is 2.70. The van der Waals surface area contributed by atoms with Crippen LogP contribution in [-0.4, -0.2) is 9.97 Å². The highest BCUT2D eigenvalue weighted by Crippen LogP contribution is 2.05. The number of aryl methyl sites for hydroxylation is 1. The Morgan fingerprint density at radius 3 is 1.80 bits per heavy atom. The van der Waals surface area contributed by atoms with Crippen molar-refractivity contribution < 1.29 is 0 Å². The van der Waals surface area contributed by atoms with Crippen LogP contribution in [0.25, 0.3) is 0 Å². The number of hydrogen-bond acceptors (Lipinski definition) is 1. The summed E-state index contributed by atoms with van der Waals surface area (Å²) in [6, 6.07) is 0. The molecule has 0 fully saturated rings. The van der Waals surface area contributed by atoms with Crippen molar-refractivity contribution in [1.82, 2.24) is 9.97 Å². The molecule has 15 heavy (non-hydrogen) atoms. The predicted molar refractivity (Wildman–Crippen MR) is 67.0 cm³/mol. The van der Waals surface area contributed by atoms with E-state index in [1.807, 2.05) is 6.92 Å². The molecule has 2 heteroatoms. The van der Waals surface area contributed by atoms with Crippen molar-refractivity contribution in [3.63, 3.8) is 0 Å². The van der Waals surface area contributed by atoms with Crippen molar-refractivity contribution in [3.8, 4) is 0 Å². The fourth-order valence-corrected chi connectivity index (χ4v) is 1.37. The zero-order valence-corrected chi connectivity index (χ0v) is 10.6. The molecule has 0 saturated heterocycles. The van der Waals surface area contributed by atoms with Crippen LogP contribution in [0.4, 0.5) is 0 Å². The molecule has 0 radical (unpaired) electrons. The molecule has 0 aliphatic heterocycles. The Labute approximate surface area is 94.5 Å². The summed E-state index contributed by atoms with van der Waals surface area (Å²) in [6.45, 7) is 6.44. The molecule has 0 aliphatic rings. The molecule has 1 rings (SSSR count). The molecule has 2 nitrogen and oxygen atoms in total. The average molecular weight is 210 g/mol. The first-order chi connectivity index (χ1) is 7.31. The summed E-state index contributed by atoms with van der Waals surface area (Å²) in [7, 11) is 0. The van der Waals surface area contributed by atoms with Gasteiger partial charge in [0, 0.05) is 12.4 Å². The maximum absolute atomic E-state index is 3.86. The maximum atomic E-state index is 3.86. The van der Waals surface area contributed by atoms with Gasteiger partial charge < -0.3 is 4.98 Å². The maximum Gasteiger partial charge on any atom is 0.102 e. The van der Waals surface area contributed by atoms with Gasteiger partial charge in [0.05, 0.1) is 0 Å². The quantitative estimate of drug-likeness (QED) is 0.689. The van der Waals surface area contributed by atoms with Gasteiger partial charge in [0.2, 0.25) is 0 Å². The van der Waals surface area contributed by atoms with Gasteiger partial charge in [0.15, 0.2) is 0 Å².